The number of hydrogen-bond acceptors (Lipinski definition) is 3. The Kier molecular flexibility index (Phi) is 5.08. The van der Waals surface area contributed by atoms with Gasteiger partial charge >= 0.3 is 6.03 Å². The van der Waals surface area contributed by atoms with Crippen molar-refractivity contribution in [2.24, 2.45) is 0 Å². The number of benzene rings is 2. The first-order valence-corrected chi connectivity index (χ1v) is 7.00. The van der Waals surface area contributed by atoms with Crippen LogP contribution in [0.1, 0.15) is 18.9 Å². The van der Waals surface area contributed by atoms with E-state index in [-0.39, 0.29) is 5.69 Å². The molecule has 0 saturated heterocycles. The van der Waals surface area contributed by atoms with E-state index in [4.69, 9.17) is 0 Å². The predicted octanol–water partition coefficient (Wildman–Crippen LogP) is 4.19. The molecule has 0 fully saturated rings. The maximum Gasteiger partial charge on any atom is 0.323 e. The summed E-state index contributed by atoms with van der Waals surface area (Å²) in [6.45, 7) is 2.11. The number of carbonyl (C=O) groups excluding carboxylic acids is 1. The molecule has 0 radical (unpaired) electrons. The predicted molar refractivity (Wildman–Crippen MR) is 86.2 cm³/mol. The van der Waals surface area contributed by atoms with Gasteiger partial charge in [-0.15, -0.1) is 0 Å². The van der Waals surface area contributed by atoms with Crippen molar-refractivity contribution in [3.8, 4) is 0 Å². The first-order chi connectivity index (χ1) is 10.6. The number of nitro groups is 1. The number of anilines is 2. The summed E-state index contributed by atoms with van der Waals surface area (Å²) in [5.41, 5.74) is 2.39. The number of nitro benzene ring substituents is 1. The van der Waals surface area contributed by atoms with Crippen LogP contribution in [0.5, 0.6) is 0 Å². The van der Waals surface area contributed by atoms with Gasteiger partial charge in [0.15, 0.2) is 0 Å². The van der Waals surface area contributed by atoms with Crippen LogP contribution in [0, 0.1) is 10.1 Å². The highest BCUT2D eigenvalue weighted by atomic mass is 16.6. The number of carbonyl (C=O) groups is 1. The number of amides is 2. The minimum atomic E-state index is -0.484. The molecule has 0 atom stereocenters. The molecule has 22 heavy (non-hydrogen) atoms. The van der Waals surface area contributed by atoms with Gasteiger partial charge in [0.05, 0.1) is 4.92 Å². The molecule has 0 bridgehead atoms. The molecule has 0 aliphatic heterocycles. The normalized spacial score (nSPS) is 10.0. The number of aryl methyl sites for hydroxylation is 1. The fourth-order valence-corrected chi connectivity index (χ4v) is 2.00. The van der Waals surface area contributed by atoms with Crippen molar-refractivity contribution in [2.75, 3.05) is 10.6 Å². The second-order valence-electron chi connectivity index (χ2n) is 4.83. The quantitative estimate of drug-likeness (QED) is 0.641. The third kappa shape index (κ3) is 4.31. The lowest BCUT2D eigenvalue weighted by molar-refractivity contribution is -0.384. The molecule has 114 valence electrons. The first-order valence-electron chi connectivity index (χ1n) is 7.00. The van der Waals surface area contributed by atoms with Gasteiger partial charge in [-0.1, -0.05) is 25.5 Å². The average molecular weight is 299 g/mol. The van der Waals surface area contributed by atoms with Gasteiger partial charge in [0.1, 0.15) is 0 Å². The summed E-state index contributed by atoms with van der Waals surface area (Å²) in [4.78, 5) is 21.9. The highest BCUT2D eigenvalue weighted by Gasteiger charge is 2.06. The van der Waals surface area contributed by atoms with Crippen LogP contribution in [0.25, 0.3) is 0 Å². The highest BCUT2D eigenvalue weighted by Crippen LogP contribution is 2.16. The van der Waals surface area contributed by atoms with Crippen molar-refractivity contribution in [3.63, 3.8) is 0 Å². The number of nitrogens with one attached hydrogen (secondary N) is 2. The summed E-state index contributed by atoms with van der Waals surface area (Å²) in [7, 11) is 0. The van der Waals surface area contributed by atoms with Crippen LogP contribution in [-0.2, 0) is 6.42 Å². The van der Waals surface area contributed by atoms with Gasteiger partial charge in [-0.05, 0) is 36.2 Å². The molecule has 2 aromatic rings. The summed E-state index contributed by atoms with van der Waals surface area (Å²) in [5.74, 6) is 0. The van der Waals surface area contributed by atoms with Crippen LogP contribution in [0.15, 0.2) is 48.5 Å². The zero-order valence-corrected chi connectivity index (χ0v) is 12.2. The molecule has 6 heteroatoms. The average Bonchev–Trinajstić information content (AvgIpc) is 2.50. The van der Waals surface area contributed by atoms with Crippen molar-refractivity contribution in [1.82, 2.24) is 0 Å². The molecule has 0 aromatic heterocycles. The molecule has 0 unspecified atom stereocenters. The second-order valence-corrected chi connectivity index (χ2v) is 4.83. The molecule has 0 heterocycles. The van der Waals surface area contributed by atoms with Crippen LogP contribution < -0.4 is 10.6 Å². The standard InChI is InChI=1S/C16H17N3O3/c1-2-3-12-4-6-13(7-5-12)17-16(20)18-14-8-10-15(11-9-14)19(21)22/h4-11H,2-3H2,1H3,(H2,17,18,20). The zero-order chi connectivity index (χ0) is 15.9. The molecule has 6 nitrogen and oxygen atoms in total. The third-order valence-corrected chi connectivity index (χ3v) is 3.09. The van der Waals surface area contributed by atoms with Crippen molar-refractivity contribution in [3.05, 3.63) is 64.2 Å². The molecule has 2 N–H and O–H groups in total. The Hall–Kier alpha value is -2.89. The molecule has 0 spiro atoms. The van der Waals surface area contributed by atoms with E-state index in [2.05, 4.69) is 17.6 Å². The Morgan fingerprint density at radius 3 is 1.95 bits per heavy atom. The summed E-state index contributed by atoms with van der Waals surface area (Å²) >= 11 is 0. The molecule has 2 amide bonds. The number of non-ortho nitro benzene ring substituents is 1. The number of nitrogens with zero attached hydrogens (tertiary/aromatic N) is 1. The van der Waals surface area contributed by atoms with Crippen LogP contribution in [-0.4, -0.2) is 11.0 Å². The Morgan fingerprint density at radius 1 is 1.00 bits per heavy atom. The molecule has 0 aliphatic rings. The van der Waals surface area contributed by atoms with E-state index in [9.17, 15) is 14.9 Å². The smallest absolute Gasteiger partial charge is 0.308 e. The van der Waals surface area contributed by atoms with Crippen molar-refractivity contribution in [2.45, 2.75) is 19.8 Å². The van der Waals surface area contributed by atoms with Gasteiger partial charge in [0.2, 0.25) is 0 Å². The maximum absolute atomic E-state index is 11.9. The van der Waals surface area contributed by atoms with E-state index in [0.717, 1.165) is 12.8 Å². The van der Waals surface area contributed by atoms with Crippen LogP contribution >= 0.6 is 0 Å². The van der Waals surface area contributed by atoms with Crippen LogP contribution in [0.2, 0.25) is 0 Å². The van der Waals surface area contributed by atoms with Crippen LogP contribution in [0.3, 0.4) is 0 Å². The van der Waals surface area contributed by atoms with Crippen LogP contribution in [0.4, 0.5) is 21.9 Å². The monoisotopic (exact) mass is 299 g/mol. The fraction of sp³-hybridized carbons (Fsp3) is 0.188. The zero-order valence-electron chi connectivity index (χ0n) is 12.2. The SMILES string of the molecule is CCCc1ccc(NC(=O)Nc2ccc([N+](=O)[O-])cc2)cc1. The Bertz CT molecular complexity index is 651. The highest BCUT2D eigenvalue weighted by molar-refractivity contribution is 5.99. The fourth-order valence-electron chi connectivity index (χ4n) is 2.00. The molecule has 2 rings (SSSR count). The summed E-state index contributed by atoms with van der Waals surface area (Å²) in [6, 6.07) is 12.9. The van der Waals surface area contributed by atoms with Gasteiger partial charge < -0.3 is 10.6 Å². The van der Waals surface area contributed by atoms with Gasteiger partial charge in [0, 0.05) is 23.5 Å². The van der Waals surface area contributed by atoms with E-state index in [0.29, 0.717) is 11.4 Å². The van der Waals surface area contributed by atoms with Crippen molar-refractivity contribution in [1.29, 1.82) is 0 Å². The van der Waals surface area contributed by atoms with Gasteiger partial charge in [-0.25, -0.2) is 4.79 Å². The molecular formula is C16H17N3O3. The number of rotatable bonds is 5. The van der Waals surface area contributed by atoms with E-state index in [1.807, 2.05) is 24.3 Å². The third-order valence-electron chi connectivity index (χ3n) is 3.09. The second kappa shape index (κ2) is 7.21. The maximum atomic E-state index is 11.9. The van der Waals surface area contributed by atoms with E-state index < -0.39 is 11.0 Å². The first kappa shape index (κ1) is 15.5. The van der Waals surface area contributed by atoms with E-state index >= 15 is 0 Å². The minimum Gasteiger partial charge on any atom is -0.308 e. The summed E-state index contributed by atoms with van der Waals surface area (Å²) in [6.07, 6.45) is 2.09. The lowest BCUT2D eigenvalue weighted by Gasteiger charge is -2.08. The lowest BCUT2D eigenvalue weighted by atomic mass is 10.1. The Morgan fingerprint density at radius 2 is 1.50 bits per heavy atom. The van der Waals surface area contributed by atoms with Crippen molar-refractivity contribution >= 4 is 23.1 Å². The lowest BCUT2D eigenvalue weighted by Crippen LogP contribution is -2.19. The van der Waals surface area contributed by atoms with Crippen molar-refractivity contribution < 1.29 is 9.72 Å². The van der Waals surface area contributed by atoms with E-state index in [1.165, 1.54) is 29.8 Å². The van der Waals surface area contributed by atoms with E-state index in [1.54, 1.807) is 0 Å². The Balaban J connectivity index is 1.93. The van der Waals surface area contributed by atoms with Gasteiger partial charge in [-0.2, -0.15) is 0 Å². The summed E-state index contributed by atoms with van der Waals surface area (Å²) in [5, 5.41) is 15.9. The molecule has 2 aromatic carbocycles. The number of urea groups is 1. The largest absolute Gasteiger partial charge is 0.323 e. The van der Waals surface area contributed by atoms with Gasteiger partial charge in [0.25, 0.3) is 5.69 Å². The van der Waals surface area contributed by atoms with Gasteiger partial charge in [-0.3, -0.25) is 10.1 Å². The topological polar surface area (TPSA) is 84.3 Å². The minimum absolute atomic E-state index is 0.0162. The molecule has 0 saturated carbocycles. The number of hydrogen-bond donors (Lipinski definition) is 2. The molecule has 0 aliphatic carbocycles. The molecular weight excluding hydrogens is 282 g/mol. The summed E-state index contributed by atoms with van der Waals surface area (Å²) < 4.78 is 0. The Labute approximate surface area is 128 Å².